The van der Waals surface area contributed by atoms with E-state index in [1.165, 1.54) is 17.4 Å². The Hall–Kier alpha value is -2.77. The van der Waals surface area contributed by atoms with Crippen LogP contribution in [0.15, 0.2) is 48.5 Å². The van der Waals surface area contributed by atoms with Gasteiger partial charge in [0.15, 0.2) is 0 Å². The second kappa shape index (κ2) is 7.63. The minimum Gasteiger partial charge on any atom is -0.267 e. The van der Waals surface area contributed by atoms with Crippen LogP contribution in [-0.4, -0.2) is 16.8 Å². The zero-order chi connectivity index (χ0) is 18.7. The predicted molar refractivity (Wildman–Crippen MR) is 98.6 cm³/mol. The molecule has 0 atom stereocenters. The minimum atomic E-state index is -0.645. The van der Waals surface area contributed by atoms with Crippen molar-refractivity contribution >= 4 is 34.8 Å². The summed E-state index contributed by atoms with van der Waals surface area (Å²) in [5.74, 6) is -1.69. The van der Waals surface area contributed by atoms with Crippen LogP contribution < -0.4 is 10.9 Å². The van der Waals surface area contributed by atoms with Gasteiger partial charge < -0.3 is 0 Å². The molecule has 0 spiro atoms. The Morgan fingerprint density at radius 1 is 1.08 bits per heavy atom. The third-order valence-electron chi connectivity index (χ3n) is 3.49. The Morgan fingerprint density at radius 3 is 2.46 bits per heavy atom. The molecule has 0 aliphatic carbocycles. The topological polar surface area (TPSA) is 71.1 Å². The van der Waals surface area contributed by atoms with Gasteiger partial charge >= 0.3 is 0 Å². The first-order valence-electron chi connectivity index (χ1n) is 7.54. The third kappa shape index (κ3) is 3.89. The Labute approximate surface area is 157 Å². The maximum absolute atomic E-state index is 13.0. The molecule has 26 heavy (non-hydrogen) atoms. The number of aryl methyl sites for hydroxylation is 1. The number of thiazole rings is 1. The second-order valence-electron chi connectivity index (χ2n) is 5.33. The van der Waals surface area contributed by atoms with Crippen LogP contribution in [0.5, 0.6) is 0 Å². The van der Waals surface area contributed by atoms with Gasteiger partial charge in [0.1, 0.15) is 15.7 Å². The van der Waals surface area contributed by atoms with Crippen molar-refractivity contribution in [1.82, 2.24) is 15.8 Å². The molecule has 132 valence electrons. The van der Waals surface area contributed by atoms with Crippen LogP contribution in [0, 0.1) is 12.7 Å². The number of carbonyl (C=O) groups excluding carboxylic acids is 2. The highest BCUT2D eigenvalue weighted by molar-refractivity contribution is 7.17. The largest absolute Gasteiger partial charge is 0.281 e. The van der Waals surface area contributed by atoms with Crippen molar-refractivity contribution in [3.8, 4) is 10.6 Å². The number of hydrogen-bond donors (Lipinski definition) is 2. The van der Waals surface area contributed by atoms with Crippen molar-refractivity contribution in [2.24, 2.45) is 0 Å². The second-order valence-corrected chi connectivity index (χ2v) is 6.74. The summed E-state index contributed by atoms with van der Waals surface area (Å²) in [6.45, 7) is 1.72. The molecular weight excluding hydrogens is 377 g/mol. The highest BCUT2D eigenvalue weighted by atomic mass is 35.5. The molecule has 2 N–H and O–H groups in total. The van der Waals surface area contributed by atoms with Gasteiger partial charge in [-0.1, -0.05) is 41.9 Å². The molecule has 2 amide bonds. The summed E-state index contributed by atoms with van der Waals surface area (Å²) in [4.78, 5) is 29.2. The van der Waals surface area contributed by atoms with Gasteiger partial charge in [-0.15, -0.1) is 11.3 Å². The van der Waals surface area contributed by atoms with Crippen LogP contribution in [0.25, 0.3) is 10.6 Å². The van der Waals surface area contributed by atoms with Crippen LogP contribution in [-0.2, 0) is 0 Å². The average Bonchev–Trinajstić information content (AvgIpc) is 3.02. The van der Waals surface area contributed by atoms with E-state index < -0.39 is 17.6 Å². The van der Waals surface area contributed by atoms with Crippen molar-refractivity contribution < 1.29 is 14.0 Å². The monoisotopic (exact) mass is 389 g/mol. The van der Waals surface area contributed by atoms with E-state index in [1.807, 2.05) is 30.3 Å². The molecule has 0 bridgehead atoms. The number of aromatic nitrogens is 1. The summed E-state index contributed by atoms with van der Waals surface area (Å²) < 4.78 is 13.0. The number of nitrogens with zero attached hydrogens (tertiary/aromatic N) is 1. The van der Waals surface area contributed by atoms with Gasteiger partial charge in [0.2, 0.25) is 0 Å². The zero-order valence-electron chi connectivity index (χ0n) is 13.5. The van der Waals surface area contributed by atoms with Crippen LogP contribution in [0.3, 0.4) is 0 Å². The molecule has 0 fully saturated rings. The van der Waals surface area contributed by atoms with Crippen LogP contribution in [0.4, 0.5) is 4.39 Å². The van der Waals surface area contributed by atoms with E-state index in [2.05, 4.69) is 15.8 Å². The fourth-order valence-electron chi connectivity index (χ4n) is 2.22. The third-order valence-corrected chi connectivity index (χ3v) is 5.01. The highest BCUT2D eigenvalue weighted by Crippen LogP contribution is 2.27. The van der Waals surface area contributed by atoms with E-state index in [0.717, 1.165) is 17.7 Å². The summed E-state index contributed by atoms with van der Waals surface area (Å²) in [7, 11) is 0. The summed E-state index contributed by atoms with van der Waals surface area (Å²) in [5.41, 5.74) is 6.11. The minimum absolute atomic E-state index is 0.0444. The lowest BCUT2D eigenvalue weighted by Gasteiger charge is -2.07. The molecule has 1 aromatic heterocycles. The predicted octanol–water partition coefficient (Wildman–Crippen LogP) is 3.99. The van der Waals surface area contributed by atoms with Crippen molar-refractivity contribution in [3.05, 3.63) is 75.5 Å². The van der Waals surface area contributed by atoms with Crippen LogP contribution in [0.2, 0.25) is 5.02 Å². The fraction of sp³-hybridized carbons (Fsp3) is 0.0556. The highest BCUT2D eigenvalue weighted by Gasteiger charge is 2.18. The van der Waals surface area contributed by atoms with Gasteiger partial charge in [-0.05, 0) is 25.1 Å². The Morgan fingerprint density at radius 2 is 1.77 bits per heavy atom. The molecule has 3 aromatic rings. The van der Waals surface area contributed by atoms with E-state index in [4.69, 9.17) is 11.6 Å². The number of amides is 2. The van der Waals surface area contributed by atoms with Crippen molar-refractivity contribution in [2.45, 2.75) is 6.92 Å². The molecule has 0 aliphatic heterocycles. The van der Waals surface area contributed by atoms with Gasteiger partial charge in [-0.2, -0.15) is 0 Å². The van der Waals surface area contributed by atoms with Gasteiger partial charge in [-0.25, -0.2) is 9.37 Å². The maximum Gasteiger partial charge on any atom is 0.281 e. The molecule has 0 saturated carbocycles. The molecule has 0 aliphatic rings. The summed E-state index contributed by atoms with van der Waals surface area (Å²) in [6, 6.07) is 12.9. The number of halogens is 2. The normalized spacial score (nSPS) is 10.4. The van der Waals surface area contributed by atoms with Gasteiger partial charge in [0.25, 0.3) is 11.8 Å². The van der Waals surface area contributed by atoms with Gasteiger partial charge in [0.05, 0.1) is 16.3 Å². The Kier molecular flexibility index (Phi) is 5.29. The zero-order valence-corrected chi connectivity index (χ0v) is 15.1. The Balaban J connectivity index is 1.71. The van der Waals surface area contributed by atoms with Crippen molar-refractivity contribution in [3.63, 3.8) is 0 Å². The number of hydrazine groups is 1. The van der Waals surface area contributed by atoms with E-state index in [0.29, 0.717) is 15.6 Å². The first kappa shape index (κ1) is 18.0. The number of benzene rings is 2. The van der Waals surface area contributed by atoms with Gasteiger partial charge in [-0.3, -0.25) is 20.4 Å². The maximum atomic E-state index is 13.0. The molecular formula is C18H13ClFN3O2S. The molecule has 0 radical (unpaired) electrons. The standard InChI is InChI=1S/C18H13ClFN3O2S/c1-10-15(26-18(21-10)11-5-3-2-4-6-11)17(25)23-22-16(24)13-8-7-12(20)9-14(13)19/h2-9H,1H3,(H,22,24)(H,23,25). The molecule has 5 nitrogen and oxygen atoms in total. The number of nitrogens with one attached hydrogen (secondary N) is 2. The van der Waals surface area contributed by atoms with Gasteiger partial charge in [0, 0.05) is 5.56 Å². The van der Waals surface area contributed by atoms with E-state index >= 15 is 0 Å². The van der Waals surface area contributed by atoms with E-state index in [1.54, 1.807) is 6.92 Å². The average molecular weight is 390 g/mol. The quantitative estimate of drug-likeness (QED) is 0.665. The SMILES string of the molecule is Cc1nc(-c2ccccc2)sc1C(=O)NNC(=O)c1ccc(F)cc1Cl. The molecule has 2 aromatic carbocycles. The lowest BCUT2D eigenvalue weighted by Crippen LogP contribution is -2.41. The molecule has 3 rings (SSSR count). The number of rotatable bonds is 3. The number of hydrogen-bond acceptors (Lipinski definition) is 4. The molecule has 0 unspecified atom stereocenters. The first-order chi connectivity index (χ1) is 12.5. The fourth-order valence-corrected chi connectivity index (χ4v) is 3.44. The van der Waals surface area contributed by atoms with Crippen molar-refractivity contribution in [1.29, 1.82) is 0 Å². The smallest absolute Gasteiger partial charge is 0.267 e. The summed E-state index contributed by atoms with van der Waals surface area (Å²) in [5, 5.41) is 0.665. The number of carbonyl (C=O) groups is 2. The summed E-state index contributed by atoms with van der Waals surface area (Å²) >= 11 is 7.05. The molecule has 1 heterocycles. The van der Waals surface area contributed by atoms with E-state index in [9.17, 15) is 14.0 Å². The Bertz CT molecular complexity index is 976. The van der Waals surface area contributed by atoms with Crippen LogP contribution in [0.1, 0.15) is 25.7 Å². The summed E-state index contributed by atoms with van der Waals surface area (Å²) in [6.07, 6.45) is 0. The van der Waals surface area contributed by atoms with E-state index in [-0.39, 0.29) is 10.6 Å². The lowest BCUT2D eigenvalue weighted by atomic mass is 10.2. The lowest BCUT2D eigenvalue weighted by molar-refractivity contribution is 0.0848. The molecule has 0 saturated heterocycles. The van der Waals surface area contributed by atoms with Crippen molar-refractivity contribution in [2.75, 3.05) is 0 Å². The van der Waals surface area contributed by atoms with Crippen LogP contribution >= 0.6 is 22.9 Å². The molecule has 8 heteroatoms. The first-order valence-corrected chi connectivity index (χ1v) is 8.73.